The molecule has 148 valence electrons. The fraction of sp³-hybridized carbons (Fsp3) is 0.300. The summed E-state index contributed by atoms with van der Waals surface area (Å²) in [6.07, 6.45) is 1.03. The van der Waals surface area contributed by atoms with Gasteiger partial charge in [-0.1, -0.05) is 6.92 Å². The number of nitrogens with zero attached hydrogens (tertiary/aromatic N) is 1. The van der Waals surface area contributed by atoms with Crippen molar-refractivity contribution in [3.63, 3.8) is 0 Å². The zero-order valence-corrected chi connectivity index (χ0v) is 16.6. The Morgan fingerprint density at radius 1 is 1.11 bits per heavy atom. The maximum Gasteiger partial charge on any atom is 0.338 e. The molecule has 0 atom stereocenters. The van der Waals surface area contributed by atoms with Crippen LogP contribution in [0.3, 0.4) is 0 Å². The van der Waals surface area contributed by atoms with Crippen molar-refractivity contribution in [3.8, 4) is 0 Å². The second-order valence-corrected chi connectivity index (χ2v) is 8.03. The number of carbonyl (C=O) groups is 2. The van der Waals surface area contributed by atoms with Crippen LogP contribution >= 0.6 is 0 Å². The number of benzene rings is 2. The highest BCUT2D eigenvalue weighted by Gasteiger charge is 2.25. The van der Waals surface area contributed by atoms with Crippen LogP contribution in [0.25, 0.3) is 0 Å². The van der Waals surface area contributed by atoms with E-state index in [1.807, 2.05) is 0 Å². The molecule has 0 aliphatic carbocycles. The minimum Gasteiger partial charge on any atom is -0.462 e. The van der Waals surface area contributed by atoms with E-state index in [-0.39, 0.29) is 17.4 Å². The van der Waals surface area contributed by atoms with Crippen LogP contribution in [-0.4, -0.2) is 33.4 Å². The second kappa shape index (κ2) is 8.02. The van der Waals surface area contributed by atoms with Crippen LogP contribution in [0.5, 0.6) is 0 Å². The predicted molar refractivity (Wildman–Crippen MR) is 106 cm³/mol. The number of nitrogens with one attached hydrogen (secondary N) is 1. The number of amides is 1. The van der Waals surface area contributed by atoms with Crippen LogP contribution in [0.4, 0.5) is 11.4 Å². The molecule has 1 amide bonds. The summed E-state index contributed by atoms with van der Waals surface area (Å²) in [6.45, 7) is 4.35. The third-order valence-corrected chi connectivity index (χ3v) is 5.89. The zero-order valence-electron chi connectivity index (χ0n) is 15.8. The minimum absolute atomic E-state index is 0.0224. The summed E-state index contributed by atoms with van der Waals surface area (Å²) in [5.41, 5.74) is 2.30. The summed E-state index contributed by atoms with van der Waals surface area (Å²) in [6, 6.07) is 10.8. The maximum absolute atomic E-state index is 12.7. The van der Waals surface area contributed by atoms with Gasteiger partial charge in [-0.25, -0.2) is 13.2 Å². The number of ether oxygens (including phenoxy) is 1. The highest BCUT2D eigenvalue weighted by atomic mass is 32.2. The van der Waals surface area contributed by atoms with Gasteiger partial charge in [0.1, 0.15) is 0 Å². The zero-order chi connectivity index (χ0) is 20.3. The Hall–Kier alpha value is -2.87. The smallest absolute Gasteiger partial charge is 0.338 e. The third kappa shape index (κ3) is 4.01. The van der Waals surface area contributed by atoms with Crippen molar-refractivity contribution in [1.82, 2.24) is 0 Å². The molecule has 28 heavy (non-hydrogen) atoms. The molecule has 1 N–H and O–H groups in total. The van der Waals surface area contributed by atoms with Gasteiger partial charge in [-0.2, -0.15) is 0 Å². The van der Waals surface area contributed by atoms with Gasteiger partial charge in [0, 0.05) is 24.3 Å². The van der Waals surface area contributed by atoms with Crippen LogP contribution in [0, 0.1) is 0 Å². The molecule has 1 aliphatic heterocycles. The highest BCUT2D eigenvalue weighted by Crippen LogP contribution is 2.31. The first-order valence-corrected chi connectivity index (χ1v) is 10.6. The van der Waals surface area contributed by atoms with Crippen LogP contribution in [0.1, 0.15) is 36.2 Å². The van der Waals surface area contributed by atoms with E-state index in [4.69, 9.17) is 4.74 Å². The summed E-state index contributed by atoms with van der Waals surface area (Å²) >= 11 is 0. The standard InChI is InChI=1S/C20H22N2O5S/c1-3-19(23)22-12-11-15-13-17(9-10-18(15)22)28(25,26)21-16-7-5-14(6-8-16)20(24)27-4-2/h5-10,13,21H,3-4,11-12H2,1-2H3. The highest BCUT2D eigenvalue weighted by molar-refractivity contribution is 7.92. The average molecular weight is 402 g/mol. The molecule has 0 fully saturated rings. The Bertz CT molecular complexity index is 1000. The Balaban J connectivity index is 1.79. The van der Waals surface area contributed by atoms with E-state index in [1.54, 1.807) is 30.9 Å². The van der Waals surface area contributed by atoms with Gasteiger partial charge in [-0.15, -0.1) is 0 Å². The Morgan fingerprint density at radius 3 is 2.46 bits per heavy atom. The molecule has 7 nitrogen and oxygen atoms in total. The van der Waals surface area contributed by atoms with E-state index >= 15 is 0 Å². The van der Waals surface area contributed by atoms with Gasteiger partial charge >= 0.3 is 5.97 Å². The van der Waals surface area contributed by atoms with Crippen molar-refractivity contribution in [3.05, 3.63) is 53.6 Å². The molecule has 0 bridgehead atoms. The van der Waals surface area contributed by atoms with E-state index < -0.39 is 16.0 Å². The maximum atomic E-state index is 12.7. The van der Waals surface area contributed by atoms with Crippen molar-refractivity contribution >= 4 is 33.3 Å². The van der Waals surface area contributed by atoms with Crippen LogP contribution in [0.2, 0.25) is 0 Å². The SMILES string of the molecule is CCOC(=O)c1ccc(NS(=O)(=O)c2ccc3c(c2)CCN3C(=O)CC)cc1. The second-order valence-electron chi connectivity index (χ2n) is 6.34. The molecule has 0 saturated heterocycles. The Labute approximate surface area is 164 Å². The predicted octanol–water partition coefficient (Wildman–Crippen LogP) is 2.96. The third-order valence-electron chi connectivity index (χ3n) is 4.51. The number of rotatable bonds is 6. The van der Waals surface area contributed by atoms with Gasteiger partial charge in [0.15, 0.2) is 0 Å². The van der Waals surface area contributed by atoms with Gasteiger partial charge in [0.25, 0.3) is 10.0 Å². The molecule has 2 aromatic carbocycles. The van der Waals surface area contributed by atoms with Gasteiger partial charge in [-0.3, -0.25) is 9.52 Å². The van der Waals surface area contributed by atoms with E-state index in [9.17, 15) is 18.0 Å². The quantitative estimate of drug-likeness (QED) is 0.750. The van der Waals surface area contributed by atoms with Crippen molar-refractivity contribution in [1.29, 1.82) is 0 Å². The van der Waals surface area contributed by atoms with Crippen LogP contribution < -0.4 is 9.62 Å². The normalized spacial score (nSPS) is 13.1. The van der Waals surface area contributed by atoms with Gasteiger partial charge in [-0.05, 0) is 61.4 Å². The van der Waals surface area contributed by atoms with E-state index in [0.717, 1.165) is 11.3 Å². The molecule has 3 rings (SSSR count). The van der Waals surface area contributed by atoms with Gasteiger partial charge in [0.2, 0.25) is 5.91 Å². The molecule has 1 heterocycles. The number of hydrogen-bond donors (Lipinski definition) is 1. The molecule has 2 aromatic rings. The molecular formula is C20H22N2O5S. The summed E-state index contributed by atoms with van der Waals surface area (Å²) in [7, 11) is -3.79. The minimum atomic E-state index is -3.79. The molecule has 0 spiro atoms. The lowest BCUT2D eigenvalue weighted by atomic mass is 10.2. The number of hydrogen-bond acceptors (Lipinski definition) is 5. The lowest BCUT2D eigenvalue weighted by molar-refractivity contribution is -0.118. The van der Waals surface area contributed by atoms with Crippen LogP contribution in [-0.2, 0) is 26.0 Å². The number of esters is 1. The molecule has 0 aromatic heterocycles. The largest absolute Gasteiger partial charge is 0.462 e. The first-order valence-electron chi connectivity index (χ1n) is 9.09. The van der Waals surface area contributed by atoms with E-state index in [1.165, 1.54) is 30.3 Å². The molecule has 0 radical (unpaired) electrons. The topological polar surface area (TPSA) is 92.8 Å². The summed E-state index contributed by atoms with van der Waals surface area (Å²) < 4.78 is 32.8. The fourth-order valence-electron chi connectivity index (χ4n) is 3.10. The molecular weight excluding hydrogens is 380 g/mol. The van der Waals surface area contributed by atoms with Crippen molar-refractivity contribution in [2.24, 2.45) is 0 Å². The number of carbonyl (C=O) groups excluding carboxylic acids is 2. The fourth-order valence-corrected chi connectivity index (χ4v) is 4.21. The Morgan fingerprint density at radius 2 is 1.82 bits per heavy atom. The molecule has 0 saturated carbocycles. The van der Waals surface area contributed by atoms with E-state index in [0.29, 0.717) is 30.6 Å². The van der Waals surface area contributed by atoms with Gasteiger partial charge in [0.05, 0.1) is 17.1 Å². The van der Waals surface area contributed by atoms with Crippen LogP contribution in [0.15, 0.2) is 47.4 Å². The molecule has 8 heteroatoms. The Kier molecular flexibility index (Phi) is 5.69. The summed E-state index contributed by atoms with van der Waals surface area (Å²) in [4.78, 5) is 25.5. The van der Waals surface area contributed by atoms with Crippen molar-refractivity contribution in [2.75, 3.05) is 22.8 Å². The van der Waals surface area contributed by atoms with E-state index in [2.05, 4.69) is 4.72 Å². The monoisotopic (exact) mass is 402 g/mol. The summed E-state index contributed by atoms with van der Waals surface area (Å²) in [5, 5.41) is 0. The van der Waals surface area contributed by atoms with Crippen molar-refractivity contribution < 1.29 is 22.7 Å². The first-order chi connectivity index (χ1) is 13.4. The molecule has 0 unspecified atom stereocenters. The van der Waals surface area contributed by atoms with Gasteiger partial charge < -0.3 is 9.64 Å². The number of sulfonamides is 1. The average Bonchev–Trinajstić information content (AvgIpc) is 3.11. The lowest BCUT2D eigenvalue weighted by Gasteiger charge is -2.16. The van der Waals surface area contributed by atoms with Crippen molar-refractivity contribution in [2.45, 2.75) is 31.6 Å². The number of anilines is 2. The molecule has 1 aliphatic rings. The lowest BCUT2D eigenvalue weighted by Crippen LogP contribution is -2.27. The summed E-state index contributed by atoms with van der Waals surface area (Å²) in [5.74, 6) is -0.434. The number of fused-ring (bicyclic) bond motifs is 1. The first kappa shape index (κ1) is 19.9.